The molecule has 0 aliphatic rings. The Morgan fingerprint density at radius 1 is 1.35 bits per heavy atom. The number of aliphatic hydroxyl groups excluding tert-OH is 1. The lowest BCUT2D eigenvalue weighted by Crippen LogP contribution is -2.42. The van der Waals surface area contributed by atoms with Crippen LogP contribution in [0.1, 0.15) is 34.1 Å². The highest BCUT2D eigenvalue weighted by Crippen LogP contribution is 2.37. The van der Waals surface area contributed by atoms with Crippen molar-refractivity contribution < 1.29 is 19.1 Å². The molecular weight excluding hydrogens is 272 g/mol. The van der Waals surface area contributed by atoms with Crippen LogP contribution in [0.15, 0.2) is 12.2 Å². The van der Waals surface area contributed by atoms with Gasteiger partial charge in [0, 0.05) is 13.0 Å². The summed E-state index contributed by atoms with van der Waals surface area (Å²) < 4.78 is 10.6. The molecular formula is C15H30O4Si. The second-order valence-corrected chi connectivity index (χ2v) is 11.7. The van der Waals surface area contributed by atoms with E-state index in [1.165, 1.54) is 7.11 Å². The molecule has 0 aromatic rings. The van der Waals surface area contributed by atoms with Crippen LogP contribution in [0.3, 0.4) is 0 Å². The Hall–Kier alpha value is -0.653. The minimum absolute atomic E-state index is 0.100. The van der Waals surface area contributed by atoms with Gasteiger partial charge in [0.15, 0.2) is 14.4 Å². The third kappa shape index (κ3) is 5.77. The molecule has 0 spiro atoms. The van der Waals surface area contributed by atoms with Crippen LogP contribution in [-0.2, 0) is 14.0 Å². The van der Waals surface area contributed by atoms with Crippen molar-refractivity contribution in [3.05, 3.63) is 12.2 Å². The Labute approximate surface area is 124 Å². The molecule has 0 aromatic carbocycles. The molecule has 0 unspecified atom stereocenters. The molecule has 0 aliphatic heterocycles. The molecule has 5 heteroatoms. The highest BCUT2D eigenvalue weighted by atomic mass is 28.4. The van der Waals surface area contributed by atoms with Gasteiger partial charge in [-0.3, -0.25) is 0 Å². The van der Waals surface area contributed by atoms with Crippen molar-refractivity contribution >= 4 is 14.3 Å². The van der Waals surface area contributed by atoms with E-state index >= 15 is 0 Å². The summed E-state index contributed by atoms with van der Waals surface area (Å²) in [7, 11) is -0.515. The first kappa shape index (κ1) is 19.3. The van der Waals surface area contributed by atoms with Crippen LogP contribution >= 0.6 is 0 Å². The SMILES string of the molecule is C=C(C[C@@H](O)C(=O)OC)[C@H](C)CO[Si](C)(C)C(C)(C)C. The molecule has 20 heavy (non-hydrogen) atoms. The Balaban J connectivity index is 4.39. The summed E-state index contributed by atoms with van der Waals surface area (Å²) in [6.45, 7) is 17.5. The fourth-order valence-corrected chi connectivity index (χ4v) is 2.44. The summed E-state index contributed by atoms with van der Waals surface area (Å²) in [4.78, 5) is 11.2. The van der Waals surface area contributed by atoms with E-state index in [9.17, 15) is 9.90 Å². The van der Waals surface area contributed by atoms with Crippen molar-refractivity contribution in [2.45, 2.75) is 58.4 Å². The van der Waals surface area contributed by atoms with Gasteiger partial charge in [0.1, 0.15) is 0 Å². The van der Waals surface area contributed by atoms with Crippen LogP contribution in [0, 0.1) is 5.92 Å². The average Bonchev–Trinajstić information content (AvgIpc) is 2.33. The van der Waals surface area contributed by atoms with Gasteiger partial charge < -0.3 is 14.3 Å². The molecule has 0 bridgehead atoms. The van der Waals surface area contributed by atoms with Crippen molar-refractivity contribution in [2.24, 2.45) is 5.92 Å². The molecule has 0 amide bonds. The molecule has 0 heterocycles. The lowest BCUT2D eigenvalue weighted by atomic mass is 9.98. The zero-order chi connectivity index (χ0) is 16.1. The Morgan fingerprint density at radius 2 is 1.85 bits per heavy atom. The first-order valence-electron chi connectivity index (χ1n) is 7.00. The number of rotatable bonds is 7. The van der Waals surface area contributed by atoms with Crippen molar-refractivity contribution in [1.82, 2.24) is 0 Å². The molecule has 0 fully saturated rings. The second kappa shape index (κ2) is 7.38. The highest BCUT2D eigenvalue weighted by molar-refractivity contribution is 6.74. The first-order valence-corrected chi connectivity index (χ1v) is 9.90. The van der Waals surface area contributed by atoms with E-state index < -0.39 is 20.4 Å². The second-order valence-electron chi connectivity index (χ2n) is 6.87. The predicted octanol–water partition coefficient (Wildman–Crippen LogP) is 3.12. The van der Waals surface area contributed by atoms with Crippen LogP contribution in [0.25, 0.3) is 0 Å². The van der Waals surface area contributed by atoms with Gasteiger partial charge in [-0.15, -0.1) is 0 Å². The van der Waals surface area contributed by atoms with E-state index in [-0.39, 0.29) is 17.4 Å². The normalized spacial score (nSPS) is 15.6. The quantitative estimate of drug-likeness (QED) is 0.446. The molecule has 2 atom stereocenters. The van der Waals surface area contributed by atoms with Crippen molar-refractivity contribution in [3.63, 3.8) is 0 Å². The molecule has 0 aliphatic carbocycles. The Bertz CT molecular complexity index is 344. The number of esters is 1. The van der Waals surface area contributed by atoms with Crippen LogP contribution in [0.4, 0.5) is 0 Å². The third-order valence-corrected chi connectivity index (χ3v) is 8.63. The fourth-order valence-electron chi connectivity index (χ4n) is 1.34. The Kier molecular flexibility index (Phi) is 7.14. The summed E-state index contributed by atoms with van der Waals surface area (Å²) in [6.07, 6.45) is -0.919. The number of aliphatic hydroxyl groups is 1. The summed E-state index contributed by atoms with van der Waals surface area (Å²) >= 11 is 0. The van der Waals surface area contributed by atoms with Crippen molar-refractivity contribution in [1.29, 1.82) is 0 Å². The molecule has 0 saturated heterocycles. The maximum Gasteiger partial charge on any atom is 0.335 e. The van der Waals surface area contributed by atoms with E-state index in [1.54, 1.807) is 0 Å². The largest absolute Gasteiger partial charge is 0.467 e. The van der Waals surface area contributed by atoms with Gasteiger partial charge in [0.2, 0.25) is 0 Å². The minimum atomic E-state index is -1.78. The zero-order valence-electron chi connectivity index (χ0n) is 13.9. The fraction of sp³-hybridized carbons (Fsp3) is 0.800. The molecule has 0 rings (SSSR count). The van der Waals surface area contributed by atoms with Gasteiger partial charge in [-0.25, -0.2) is 4.79 Å². The zero-order valence-corrected chi connectivity index (χ0v) is 14.9. The number of ether oxygens (including phenoxy) is 1. The summed E-state index contributed by atoms with van der Waals surface area (Å²) in [5.41, 5.74) is 0.807. The number of hydrogen-bond acceptors (Lipinski definition) is 4. The van der Waals surface area contributed by atoms with E-state index in [1.807, 2.05) is 6.92 Å². The third-order valence-electron chi connectivity index (χ3n) is 4.13. The maximum absolute atomic E-state index is 11.2. The number of hydrogen-bond donors (Lipinski definition) is 1. The standard InChI is InChI=1S/C15H30O4Si/c1-11(9-13(16)14(17)18-6)12(2)10-19-20(7,8)15(3,4)5/h12-13,16H,1,9-10H2,2-8H3/t12-,13-/m1/s1. The topological polar surface area (TPSA) is 55.8 Å². The Morgan fingerprint density at radius 3 is 2.25 bits per heavy atom. The first-order chi connectivity index (χ1) is 8.92. The minimum Gasteiger partial charge on any atom is -0.467 e. The van der Waals surface area contributed by atoms with Crippen molar-refractivity contribution in [2.75, 3.05) is 13.7 Å². The summed E-state index contributed by atoms with van der Waals surface area (Å²) in [5.74, 6) is -0.521. The maximum atomic E-state index is 11.2. The van der Waals surface area contributed by atoms with Crippen LogP contribution in [-0.4, -0.2) is 39.2 Å². The van der Waals surface area contributed by atoms with E-state index in [4.69, 9.17) is 4.43 Å². The van der Waals surface area contributed by atoms with E-state index in [0.29, 0.717) is 6.61 Å². The van der Waals surface area contributed by atoms with Crippen LogP contribution in [0.5, 0.6) is 0 Å². The smallest absolute Gasteiger partial charge is 0.335 e. The van der Waals surface area contributed by atoms with Crippen LogP contribution in [0.2, 0.25) is 18.1 Å². The lowest BCUT2D eigenvalue weighted by Gasteiger charge is -2.37. The monoisotopic (exact) mass is 302 g/mol. The van der Waals surface area contributed by atoms with Gasteiger partial charge >= 0.3 is 5.97 Å². The summed E-state index contributed by atoms with van der Waals surface area (Å²) in [5, 5.41) is 9.79. The van der Waals surface area contributed by atoms with Gasteiger partial charge in [-0.1, -0.05) is 39.8 Å². The van der Waals surface area contributed by atoms with Crippen LogP contribution < -0.4 is 0 Å². The lowest BCUT2D eigenvalue weighted by molar-refractivity contribution is -0.150. The highest BCUT2D eigenvalue weighted by Gasteiger charge is 2.37. The van der Waals surface area contributed by atoms with Gasteiger partial charge in [-0.05, 0) is 24.1 Å². The number of carbonyl (C=O) groups excluding carboxylic acids is 1. The van der Waals surface area contributed by atoms with E-state index in [0.717, 1.165) is 5.57 Å². The average molecular weight is 302 g/mol. The molecule has 1 N–H and O–H groups in total. The molecule has 0 radical (unpaired) electrons. The molecule has 118 valence electrons. The molecule has 4 nitrogen and oxygen atoms in total. The molecule has 0 aromatic heterocycles. The van der Waals surface area contributed by atoms with Gasteiger partial charge in [0.25, 0.3) is 0 Å². The number of carbonyl (C=O) groups is 1. The molecule has 0 saturated carbocycles. The number of methoxy groups -OCH3 is 1. The predicted molar refractivity (Wildman–Crippen MR) is 84.1 cm³/mol. The van der Waals surface area contributed by atoms with Gasteiger partial charge in [-0.2, -0.15) is 0 Å². The van der Waals surface area contributed by atoms with Crippen molar-refractivity contribution in [3.8, 4) is 0 Å². The van der Waals surface area contributed by atoms with E-state index in [2.05, 4.69) is 45.2 Å². The summed E-state index contributed by atoms with van der Waals surface area (Å²) in [6, 6.07) is 0. The van der Waals surface area contributed by atoms with Gasteiger partial charge in [0.05, 0.1) is 7.11 Å².